The molecular formula is C12H16FN3O. The van der Waals surface area contributed by atoms with E-state index in [1.54, 1.807) is 12.1 Å². The van der Waals surface area contributed by atoms with Crippen molar-refractivity contribution in [2.24, 2.45) is 0 Å². The largest absolute Gasteiger partial charge is 0.337 e. The maximum Gasteiger partial charge on any atom is 0.319 e. The Bertz CT molecular complexity index is 393. The Labute approximate surface area is 99.6 Å². The number of hydrogen-bond donors (Lipinski definition) is 3. The van der Waals surface area contributed by atoms with Crippen molar-refractivity contribution in [1.82, 2.24) is 10.6 Å². The first kappa shape index (κ1) is 11.9. The number of carbonyl (C=O) groups excluding carboxylic acids is 1. The van der Waals surface area contributed by atoms with Gasteiger partial charge in [0.2, 0.25) is 0 Å². The predicted octanol–water partition coefficient (Wildman–Crippen LogP) is 1.70. The number of para-hydroxylation sites is 1. The van der Waals surface area contributed by atoms with Crippen LogP contribution in [0.3, 0.4) is 0 Å². The summed E-state index contributed by atoms with van der Waals surface area (Å²) in [5.41, 5.74) is 0.195. The van der Waals surface area contributed by atoms with Crippen molar-refractivity contribution >= 4 is 11.7 Å². The number of rotatable bonds is 5. The number of halogens is 1. The summed E-state index contributed by atoms with van der Waals surface area (Å²) in [4.78, 5) is 11.4. The number of anilines is 1. The van der Waals surface area contributed by atoms with Crippen molar-refractivity contribution in [2.75, 3.05) is 18.4 Å². The average molecular weight is 237 g/mol. The minimum Gasteiger partial charge on any atom is -0.337 e. The smallest absolute Gasteiger partial charge is 0.319 e. The molecule has 1 aliphatic carbocycles. The van der Waals surface area contributed by atoms with E-state index in [1.165, 1.54) is 25.0 Å². The van der Waals surface area contributed by atoms with Gasteiger partial charge in [0.25, 0.3) is 0 Å². The zero-order valence-electron chi connectivity index (χ0n) is 9.50. The Morgan fingerprint density at radius 3 is 2.76 bits per heavy atom. The van der Waals surface area contributed by atoms with Crippen LogP contribution in [0.15, 0.2) is 24.3 Å². The molecule has 1 aromatic rings. The highest BCUT2D eigenvalue weighted by Crippen LogP contribution is 2.17. The van der Waals surface area contributed by atoms with Gasteiger partial charge in [-0.25, -0.2) is 9.18 Å². The van der Waals surface area contributed by atoms with Gasteiger partial charge < -0.3 is 16.0 Å². The van der Waals surface area contributed by atoms with Crippen molar-refractivity contribution in [3.05, 3.63) is 30.1 Å². The van der Waals surface area contributed by atoms with Crippen LogP contribution in [0.5, 0.6) is 0 Å². The number of amides is 2. The zero-order chi connectivity index (χ0) is 12.1. The second-order valence-electron chi connectivity index (χ2n) is 4.09. The van der Waals surface area contributed by atoms with Gasteiger partial charge in [-0.3, -0.25) is 0 Å². The SMILES string of the molecule is O=C(NCCNC1CC1)Nc1ccccc1F. The van der Waals surface area contributed by atoms with E-state index in [4.69, 9.17) is 0 Å². The molecule has 1 fully saturated rings. The third kappa shape index (κ3) is 4.03. The molecular weight excluding hydrogens is 221 g/mol. The van der Waals surface area contributed by atoms with E-state index in [0.29, 0.717) is 12.6 Å². The van der Waals surface area contributed by atoms with E-state index in [2.05, 4.69) is 16.0 Å². The number of nitrogens with one attached hydrogen (secondary N) is 3. The van der Waals surface area contributed by atoms with Crippen LogP contribution >= 0.6 is 0 Å². The molecule has 0 atom stereocenters. The van der Waals surface area contributed by atoms with E-state index in [0.717, 1.165) is 6.54 Å². The highest BCUT2D eigenvalue weighted by molar-refractivity contribution is 5.89. The average Bonchev–Trinajstić information content (AvgIpc) is 3.12. The lowest BCUT2D eigenvalue weighted by atomic mass is 10.3. The second kappa shape index (κ2) is 5.63. The fraction of sp³-hybridized carbons (Fsp3) is 0.417. The van der Waals surface area contributed by atoms with E-state index >= 15 is 0 Å². The fourth-order valence-corrected chi connectivity index (χ4v) is 1.47. The Balaban J connectivity index is 1.67. The third-order valence-electron chi connectivity index (χ3n) is 2.54. The second-order valence-corrected chi connectivity index (χ2v) is 4.09. The van der Waals surface area contributed by atoms with Gasteiger partial charge in [0.15, 0.2) is 0 Å². The van der Waals surface area contributed by atoms with E-state index in [9.17, 15) is 9.18 Å². The van der Waals surface area contributed by atoms with Gasteiger partial charge in [-0.2, -0.15) is 0 Å². The Morgan fingerprint density at radius 2 is 2.06 bits per heavy atom. The summed E-state index contributed by atoms with van der Waals surface area (Å²) in [6.45, 7) is 1.28. The first-order valence-electron chi connectivity index (χ1n) is 5.78. The number of carbonyl (C=O) groups is 1. The summed E-state index contributed by atoms with van der Waals surface area (Å²) in [5.74, 6) is -0.432. The third-order valence-corrected chi connectivity index (χ3v) is 2.54. The Morgan fingerprint density at radius 1 is 1.29 bits per heavy atom. The lowest BCUT2D eigenvalue weighted by Gasteiger charge is -2.08. The van der Waals surface area contributed by atoms with Crippen LogP contribution in [0.4, 0.5) is 14.9 Å². The van der Waals surface area contributed by atoms with E-state index < -0.39 is 5.82 Å². The molecule has 4 nitrogen and oxygen atoms in total. The monoisotopic (exact) mass is 237 g/mol. The maximum absolute atomic E-state index is 13.2. The molecule has 0 aromatic heterocycles. The van der Waals surface area contributed by atoms with Crippen molar-refractivity contribution in [3.8, 4) is 0 Å². The van der Waals surface area contributed by atoms with Gasteiger partial charge in [0.1, 0.15) is 5.82 Å². The van der Waals surface area contributed by atoms with Crippen molar-refractivity contribution < 1.29 is 9.18 Å². The summed E-state index contributed by atoms with van der Waals surface area (Å²) in [6.07, 6.45) is 2.45. The molecule has 0 radical (unpaired) electrons. The van der Waals surface area contributed by atoms with Crippen LogP contribution in [-0.2, 0) is 0 Å². The molecule has 0 heterocycles. The molecule has 2 amide bonds. The maximum atomic E-state index is 13.2. The molecule has 2 rings (SSSR count). The van der Waals surface area contributed by atoms with Crippen molar-refractivity contribution in [3.63, 3.8) is 0 Å². The lowest BCUT2D eigenvalue weighted by Crippen LogP contribution is -2.35. The molecule has 0 unspecified atom stereocenters. The summed E-state index contributed by atoms with van der Waals surface area (Å²) in [5, 5.41) is 8.39. The standard InChI is InChI=1S/C12H16FN3O/c13-10-3-1-2-4-11(10)16-12(17)15-8-7-14-9-5-6-9/h1-4,9,14H,5-8H2,(H2,15,16,17). The van der Waals surface area contributed by atoms with Gasteiger partial charge in [-0.15, -0.1) is 0 Å². The van der Waals surface area contributed by atoms with Crippen LogP contribution in [0.25, 0.3) is 0 Å². The lowest BCUT2D eigenvalue weighted by molar-refractivity contribution is 0.252. The van der Waals surface area contributed by atoms with Crippen molar-refractivity contribution in [2.45, 2.75) is 18.9 Å². The molecule has 3 N–H and O–H groups in total. The minimum absolute atomic E-state index is 0.195. The summed E-state index contributed by atoms with van der Waals surface area (Å²) in [6, 6.07) is 6.34. The Hall–Kier alpha value is -1.62. The molecule has 92 valence electrons. The van der Waals surface area contributed by atoms with Gasteiger partial charge >= 0.3 is 6.03 Å². The first-order valence-corrected chi connectivity index (χ1v) is 5.78. The molecule has 17 heavy (non-hydrogen) atoms. The molecule has 1 aromatic carbocycles. The van der Waals surface area contributed by atoms with E-state index in [-0.39, 0.29) is 11.7 Å². The predicted molar refractivity (Wildman–Crippen MR) is 64.4 cm³/mol. The molecule has 0 bridgehead atoms. The molecule has 0 aliphatic heterocycles. The van der Waals surface area contributed by atoms with Crippen molar-refractivity contribution in [1.29, 1.82) is 0 Å². The van der Waals surface area contributed by atoms with Crippen LogP contribution in [0, 0.1) is 5.82 Å². The number of hydrogen-bond acceptors (Lipinski definition) is 2. The summed E-state index contributed by atoms with van der Waals surface area (Å²) < 4.78 is 13.2. The molecule has 1 saturated carbocycles. The normalized spacial score (nSPS) is 14.4. The van der Waals surface area contributed by atoms with Crippen LogP contribution in [0.1, 0.15) is 12.8 Å². The summed E-state index contributed by atoms with van der Waals surface area (Å²) >= 11 is 0. The molecule has 0 saturated heterocycles. The quantitative estimate of drug-likeness (QED) is 0.683. The van der Waals surface area contributed by atoms with Crippen LogP contribution in [0.2, 0.25) is 0 Å². The van der Waals surface area contributed by atoms with Gasteiger partial charge in [0.05, 0.1) is 5.69 Å². The summed E-state index contributed by atoms with van der Waals surface area (Å²) in [7, 11) is 0. The zero-order valence-corrected chi connectivity index (χ0v) is 9.50. The molecule has 1 aliphatic rings. The van der Waals surface area contributed by atoms with E-state index in [1.807, 2.05) is 0 Å². The number of benzene rings is 1. The fourth-order valence-electron chi connectivity index (χ4n) is 1.47. The highest BCUT2D eigenvalue weighted by atomic mass is 19.1. The molecule has 5 heteroatoms. The van der Waals surface area contributed by atoms with Crippen LogP contribution in [-0.4, -0.2) is 25.2 Å². The Kier molecular flexibility index (Phi) is 3.93. The first-order chi connectivity index (χ1) is 8.25. The molecule has 0 spiro atoms. The van der Waals surface area contributed by atoms with Crippen LogP contribution < -0.4 is 16.0 Å². The highest BCUT2D eigenvalue weighted by Gasteiger charge is 2.19. The van der Waals surface area contributed by atoms with Gasteiger partial charge in [-0.05, 0) is 25.0 Å². The number of urea groups is 1. The topological polar surface area (TPSA) is 53.2 Å². The van der Waals surface area contributed by atoms with Gasteiger partial charge in [0, 0.05) is 19.1 Å². The van der Waals surface area contributed by atoms with Gasteiger partial charge in [-0.1, -0.05) is 12.1 Å². The minimum atomic E-state index is -0.432.